The number of rotatable bonds is 5. The third kappa shape index (κ3) is 3.72. The average molecular weight is 416 g/mol. The second-order valence-electron chi connectivity index (χ2n) is 4.64. The summed E-state index contributed by atoms with van der Waals surface area (Å²) in [5, 5.41) is 12.2. The number of carbonyl (C=O) groups is 1. The van der Waals surface area contributed by atoms with Gasteiger partial charge in [0.2, 0.25) is 5.13 Å². The van der Waals surface area contributed by atoms with E-state index in [0.717, 1.165) is 4.88 Å². The summed E-state index contributed by atoms with van der Waals surface area (Å²) in [7, 11) is 2.97. The topological polar surface area (TPSA) is 73.3 Å². The van der Waals surface area contributed by atoms with E-state index in [-0.39, 0.29) is 5.56 Å². The number of carbonyl (C=O) groups excluding carboxylic acids is 1. The monoisotopic (exact) mass is 415 g/mol. The van der Waals surface area contributed by atoms with Crippen LogP contribution in [0, 0.1) is 0 Å². The van der Waals surface area contributed by atoms with Crippen molar-refractivity contribution in [1.82, 2.24) is 10.2 Å². The largest absolute Gasteiger partial charge is 0.496 e. The molecule has 0 fully saturated rings. The number of anilines is 1. The van der Waals surface area contributed by atoms with Crippen LogP contribution >= 0.6 is 45.9 Å². The SMILES string of the molecule is COc1cccc(OC)c1C(=O)Nc1nnc(-c2cc(Cl)c(Cl)s2)s1. The Morgan fingerprint density at radius 3 is 2.36 bits per heavy atom. The predicted octanol–water partition coefficient (Wildman–Crippen LogP) is 4.84. The predicted molar refractivity (Wildman–Crippen MR) is 101 cm³/mol. The van der Waals surface area contributed by atoms with Crippen LogP contribution in [0.25, 0.3) is 9.88 Å². The van der Waals surface area contributed by atoms with E-state index in [1.165, 1.54) is 36.9 Å². The van der Waals surface area contributed by atoms with Gasteiger partial charge in [0.25, 0.3) is 5.91 Å². The summed E-state index contributed by atoms with van der Waals surface area (Å²) in [5.41, 5.74) is 0.284. The van der Waals surface area contributed by atoms with E-state index in [1.807, 2.05) is 0 Å². The zero-order valence-corrected chi connectivity index (χ0v) is 16.1. The van der Waals surface area contributed by atoms with Crippen LogP contribution in [0.15, 0.2) is 24.3 Å². The first-order valence-corrected chi connectivity index (χ1v) is 9.23. The van der Waals surface area contributed by atoms with Gasteiger partial charge in [-0.2, -0.15) is 0 Å². The maximum atomic E-state index is 12.6. The van der Waals surface area contributed by atoms with Crippen LogP contribution in [0.1, 0.15) is 10.4 Å². The minimum Gasteiger partial charge on any atom is -0.496 e. The molecule has 25 heavy (non-hydrogen) atoms. The smallest absolute Gasteiger partial charge is 0.265 e. The van der Waals surface area contributed by atoms with E-state index in [9.17, 15) is 4.79 Å². The quantitative estimate of drug-likeness (QED) is 0.644. The van der Waals surface area contributed by atoms with Crippen molar-refractivity contribution in [2.75, 3.05) is 19.5 Å². The Bertz CT molecular complexity index is 885. The zero-order chi connectivity index (χ0) is 18.0. The number of ether oxygens (including phenoxy) is 2. The molecule has 1 N–H and O–H groups in total. The molecule has 0 atom stereocenters. The van der Waals surface area contributed by atoms with Crippen LogP contribution in [-0.4, -0.2) is 30.3 Å². The number of benzene rings is 1. The molecule has 0 aliphatic carbocycles. The van der Waals surface area contributed by atoms with Gasteiger partial charge in [-0.3, -0.25) is 10.1 Å². The third-order valence-corrected chi connectivity index (χ3v) is 6.03. The van der Waals surface area contributed by atoms with Crippen molar-refractivity contribution in [2.45, 2.75) is 0 Å². The van der Waals surface area contributed by atoms with Gasteiger partial charge in [-0.05, 0) is 18.2 Å². The molecule has 0 saturated heterocycles. The highest BCUT2D eigenvalue weighted by Crippen LogP contribution is 2.39. The van der Waals surface area contributed by atoms with Gasteiger partial charge in [0, 0.05) is 0 Å². The fraction of sp³-hybridized carbons (Fsp3) is 0.133. The van der Waals surface area contributed by atoms with Gasteiger partial charge in [0.15, 0.2) is 5.01 Å². The van der Waals surface area contributed by atoms with Gasteiger partial charge in [-0.25, -0.2) is 0 Å². The molecule has 2 heterocycles. The highest BCUT2D eigenvalue weighted by atomic mass is 35.5. The summed E-state index contributed by atoms with van der Waals surface area (Å²) >= 11 is 14.4. The molecule has 1 amide bonds. The Hall–Kier alpha value is -1.87. The first-order valence-electron chi connectivity index (χ1n) is 6.84. The van der Waals surface area contributed by atoms with Crippen molar-refractivity contribution in [1.29, 1.82) is 0 Å². The van der Waals surface area contributed by atoms with Crippen LogP contribution in [0.3, 0.4) is 0 Å². The second-order valence-corrected chi connectivity index (χ2v) is 7.68. The van der Waals surface area contributed by atoms with E-state index in [0.29, 0.717) is 31.0 Å². The van der Waals surface area contributed by atoms with E-state index in [4.69, 9.17) is 32.7 Å². The van der Waals surface area contributed by atoms with Crippen LogP contribution in [0.2, 0.25) is 9.36 Å². The van der Waals surface area contributed by atoms with E-state index in [1.54, 1.807) is 24.3 Å². The molecule has 3 aromatic rings. The summed E-state index contributed by atoms with van der Waals surface area (Å²) in [6, 6.07) is 6.81. The van der Waals surface area contributed by atoms with Crippen molar-refractivity contribution in [3.8, 4) is 21.4 Å². The van der Waals surface area contributed by atoms with Crippen LogP contribution in [0.5, 0.6) is 11.5 Å². The Morgan fingerprint density at radius 1 is 1.12 bits per heavy atom. The van der Waals surface area contributed by atoms with Crippen molar-refractivity contribution in [3.05, 3.63) is 39.2 Å². The van der Waals surface area contributed by atoms with Gasteiger partial charge in [0.05, 0.1) is 24.1 Å². The first kappa shape index (κ1) is 17.9. The first-order chi connectivity index (χ1) is 12.0. The van der Waals surface area contributed by atoms with Crippen molar-refractivity contribution in [3.63, 3.8) is 0 Å². The minimum absolute atomic E-state index is 0.284. The number of hydrogen-bond donors (Lipinski definition) is 1. The van der Waals surface area contributed by atoms with Crippen LogP contribution in [0.4, 0.5) is 5.13 Å². The normalized spacial score (nSPS) is 10.6. The molecule has 0 spiro atoms. The van der Waals surface area contributed by atoms with Crippen molar-refractivity contribution in [2.24, 2.45) is 0 Å². The van der Waals surface area contributed by atoms with Crippen LogP contribution < -0.4 is 14.8 Å². The minimum atomic E-state index is -0.403. The molecule has 2 aromatic heterocycles. The standard InChI is InChI=1S/C15H11Cl2N3O3S2/c1-22-8-4-3-5-9(23-2)11(8)13(21)18-15-20-19-14(25-15)10-6-7(16)12(17)24-10/h3-6H,1-2H3,(H,18,20,21). The van der Waals surface area contributed by atoms with Gasteiger partial charge in [0.1, 0.15) is 21.4 Å². The number of methoxy groups -OCH3 is 2. The summed E-state index contributed by atoms with van der Waals surface area (Å²) in [6.45, 7) is 0. The lowest BCUT2D eigenvalue weighted by Gasteiger charge is -2.11. The number of nitrogens with one attached hydrogen (secondary N) is 1. The molecule has 0 aliphatic heterocycles. The molecule has 1 aromatic carbocycles. The van der Waals surface area contributed by atoms with E-state index in [2.05, 4.69) is 15.5 Å². The lowest BCUT2D eigenvalue weighted by Crippen LogP contribution is -2.14. The van der Waals surface area contributed by atoms with Gasteiger partial charge >= 0.3 is 0 Å². The molecule has 6 nitrogen and oxygen atoms in total. The molecule has 3 rings (SSSR count). The Kier molecular flexibility index (Phi) is 5.43. The number of aromatic nitrogens is 2. The lowest BCUT2D eigenvalue weighted by molar-refractivity contribution is 0.102. The maximum Gasteiger partial charge on any atom is 0.265 e. The molecule has 0 unspecified atom stereocenters. The highest BCUT2D eigenvalue weighted by Gasteiger charge is 2.20. The average Bonchev–Trinajstić information content (AvgIpc) is 3.20. The second kappa shape index (κ2) is 7.57. The van der Waals surface area contributed by atoms with Crippen molar-refractivity contribution < 1.29 is 14.3 Å². The molecule has 10 heteroatoms. The number of halogens is 2. The number of thiophene rings is 1. The highest BCUT2D eigenvalue weighted by molar-refractivity contribution is 7.25. The third-order valence-electron chi connectivity index (χ3n) is 3.16. The summed E-state index contributed by atoms with van der Waals surface area (Å²) in [6.07, 6.45) is 0. The lowest BCUT2D eigenvalue weighted by atomic mass is 10.1. The molecule has 0 bridgehead atoms. The Morgan fingerprint density at radius 2 is 1.80 bits per heavy atom. The number of nitrogens with zero attached hydrogens (tertiary/aromatic N) is 2. The van der Waals surface area contributed by atoms with E-state index < -0.39 is 5.91 Å². The number of amides is 1. The summed E-state index contributed by atoms with van der Waals surface area (Å²) in [5.74, 6) is 0.399. The van der Waals surface area contributed by atoms with Gasteiger partial charge < -0.3 is 9.47 Å². The molecule has 0 radical (unpaired) electrons. The summed E-state index contributed by atoms with van der Waals surface area (Å²) in [4.78, 5) is 13.4. The molecule has 0 aliphatic rings. The van der Waals surface area contributed by atoms with Gasteiger partial charge in [-0.1, -0.05) is 40.6 Å². The Balaban J connectivity index is 1.85. The molecule has 0 saturated carbocycles. The molecular formula is C15H11Cl2N3O3S2. The van der Waals surface area contributed by atoms with Crippen LogP contribution in [-0.2, 0) is 0 Å². The maximum absolute atomic E-state index is 12.6. The van der Waals surface area contributed by atoms with Gasteiger partial charge in [-0.15, -0.1) is 21.5 Å². The fourth-order valence-electron chi connectivity index (χ4n) is 2.06. The molecule has 130 valence electrons. The fourth-order valence-corrected chi connectivity index (χ4v) is 4.21. The number of hydrogen-bond acceptors (Lipinski definition) is 7. The summed E-state index contributed by atoms with van der Waals surface area (Å²) < 4.78 is 11.0. The van der Waals surface area contributed by atoms with E-state index >= 15 is 0 Å². The van der Waals surface area contributed by atoms with Crippen molar-refractivity contribution >= 4 is 56.9 Å². The molecular weight excluding hydrogens is 405 g/mol. The zero-order valence-electron chi connectivity index (χ0n) is 13.0. The Labute approximate surface area is 161 Å².